The maximum Gasteiger partial charge on any atom is 0.408 e. The highest BCUT2D eigenvalue weighted by molar-refractivity contribution is 5.90. The predicted molar refractivity (Wildman–Crippen MR) is 131 cm³/mol. The van der Waals surface area contributed by atoms with E-state index in [4.69, 9.17) is 4.74 Å². The Morgan fingerprint density at radius 2 is 1.59 bits per heavy atom. The Kier molecular flexibility index (Phi) is 8.31. The Bertz CT molecular complexity index is 992. The summed E-state index contributed by atoms with van der Waals surface area (Å²) in [4.78, 5) is 37.1. The summed E-state index contributed by atoms with van der Waals surface area (Å²) in [7, 11) is 0. The maximum atomic E-state index is 12.9. The van der Waals surface area contributed by atoms with Gasteiger partial charge in [-0.2, -0.15) is 0 Å². The van der Waals surface area contributed by atoms with E-state index in [1.165, 1.54) is 0 Å². The molecule has 34 heavy (non-hydrogen) atoms. The molecule has 3 rings (SSSR count). The highest BCUT2D eigenvalue weighted by Crippen LogP contribution is 2.44. The Balaban J connectivity index is 1.65. The van der Waals surface area contributed by atoms with Crippen LogP contribution in [0.15, 0.2) is 48.5 Å². The number of carboxylic acid groups (broad SMARTS) is 1. The first-order chi connectivity index (χ1) is 16.3. The molecular formula is C27H34N2O5. The number of benzene rings is 2. The van der Waals surface area contributed by atoms with Crippen molar-refractivity contribution in [1.29, 1.82) is 0 Å². The van der Waals surface area contributed by atoms with Crippen LogP contribution in [0.3, 0.4) is 0 Å². The van der Waals surface area contributed by atoms with Gasteiger partial charge < -0.3 is 20.5 Å². The SMILES string of the molecule is CCCC(CNC(=O)C(C)(CCC)NC(=O)OCC1c2ccccc2-c2ccccc21)C(=O)O. The van der Waals surface area contributed by atoms with Crippen LogP contribution in [0.2, 0.25) is 0 Å². The third-order valence-electron chi connectivity index (χ3n) is 6.47. The van der Waals surface area contributed by atoms with Crippen molar-refractivity contribution >= 4 is 18.0 Å². The molecule has 0 saturated carbocycles. The second-order valence-corrected chi connectivity index (χ2v) is 9.07. The van der Waals surface area contributed by atoms with Gasteiger partial charge in [-0.25, -0.2) is 4.79 Å². The fourth-order valence-electron chi connectivity index (χ4n) is 4.66. The lowest BCUT2D eigenvalue weighted by Gasteiger charge is -2.29. The van der Waals surface area contributed by atoms with Gasteiger partial charge >= 0.3 is 12.1 Å². The van der Waals surface area contributed by atoms with E-state index < -0.39 is 29.4 Å². The third kappa shape index (κ3) is 5.58. The van der Waals surface area contributed by atoms with Crippen molar-refractivity contribution in [3.05, 3.63) is 59.7 Å². The summed E-state index contributed by atoms with van der Waals surface area (Å²) in [6.07, 6.45) is 1.56. The molecule has 182 valence electrons. The molecule has 1 aliphatic carbocycles. The summed E-state index contributed by atoms with van der Waals surface area (Å²) in [5, 5.41) is 14.8. The molecule has 0 spiro atoms. The molecule has 7 nitrogen and oxygen atoms in total. The molecule has 7 heteroatoms. The molecule has 2 aromatic rings. The van der Waals surface area contributed by atoms with Crippen LogP contribution in [-0.2, 0) is 14.3 Å². The molecule has 0 bridgehead atoms. The number of carbonyl (C=O) groups excluding carboxylic acids is 2. The van der Waals surface area contributed by atoms with Crippen LogP contribution in [0.5, 0.6) is 0 Å². The maximum absolute atomic E-state index is 12.9. The van der Waals surface area contributed by atoms with Crippen LogP contribution < -0.4 is 10.6 Å². The van der Waals surface area contributed by atoms with Crippen molar-refractivity contribution in [2.45, 2.75) is 57.9 Å². The molecule has 0 aromatic heterocycles. The second-order valence-electron chi connectivity index (χ2n) is 9.07. The van der Waals surface area contributed by atoms with E-state index in [9.17, 15) is 19.5 Å². The number of fused-ring (bicyclic) bond motifs is 3. The number of ether oxygens (including phenoxy) is 1. The van der Waals surface area contributed by atoms with Crippen molar-refractivity contribution in [2.75, 3.05) is 13.2 Å². The monoisotopic (exact) mass is 466 g/mol. The zero-order valence-electron chi connectivity index (χ0n) is 20.1. The van der Waals surface area contributed by atoms with Crippen LogP contribution >= 0.6 is 0 Å². The molecule has 0 saturated heterocycles. The van der Waals surface area contributed by atoms with Gasteiger partial charge in [-0.15, -0.1) is 0 Å². The fourth-order valence-corrected chi connectivity index (χ4v) is 4.66. The molecule has 3 N–H and O–H groups in total. The number of hydrogen-bond acceptors (Lipinski definition) is 4. The average molecular weight is 467 g/mol. The van der Waals surface area contributed by atoms with Crippen LogP contribution in [-0.4, -0.2) is 41.8 Å². The van der Waals surface area contributed by atoms with Gasteiger partial charge in [0.25, 0.3) is 0 Å². The molecular weight excluding hydrogens is 432 g/mol. The van der Waals surface area contributed by atoms with Gasteiger partial charge in [0, 0.05) is 12.5 Å². The Morgan fingerprint density at radius 1 is 1.00 bits per heavy atom. The van der Waals surface area contributed by atoms with E-state index in [1.807, 2.05) is 50.2 Å². The second kappa shape index (κ2) is 11.2. The summed E-state index contributed by atoms with van der Waals surface area (Å²) < 4.78 is 5.61. The van der Waals surface area contributed by atoms with Crippen LogP contribution in [0, 0.1) is 5.92 Å². The van der Waals surface area contributed by atoms with Gasteiger partial charge in [-0.1, -0.05) is 75.2 Å². The molecule has 2 amide bonds. The lowest BCUT2D eigenvalue weighted by Crippen LogP contribution is -2.57. The molecule has 0 fully saturated rings. The van der Waals surface area contributed by atoms with Crippen LogP contribution in [0.4, 0.5) is 4.79 Å². The van der Waals surface area contributed by atoms with E-state index >= 15 is 0 Å². The summed E-state index contributed by atoms with van der Waals surface area (Å²) in [6, 6.07) is 16.2. The minimum absolute atomic E-state index is 0.0215. The Hall–Kier alpha value is -3.35. The van der Waals surface area contributed by atoms with Crippen molar-refractivity contribution < 1.29 is 24.2 Å². The molecule has 2 aromatic carbocycles. The van der Waals surface area contributed by atoms with Crippen molar-refractivity contribution in [1.82, 2.24) is 10.6 Å². The molecule has 2 atom stereocenters. The fraction of sp³-hybridized carbons (Fsp3) is 0.444. The highest BCUT2D eigenvalue weighted by Gasteiger charge is 2.36. The normalized spacial score (nSPS) is 14.9. The number of amides is 2. The number of alkyl carbamates (subject to hydrolysis) is 1. The molecule has 0 aliphatic heterocycles. The average Bonchev–Trinajstić information content (AvgIpc) is 3.14. The lowest BCUT2D eigenvalue weighted by molar-refractivity contribution is -0.142. The predicted octanol–water partition coefficient (Wildman–Crippen LogP) is 4.70. The summed E-state index contributed by atoms with van der Waals surface area (Å²) >= 11 is 0. The quantitative estimate of drug-likeness (QED) is 0.445. The van der Waals surface area contributed by atoms with E-state index in [2.05, 4.69) is 22.8 Å². The number of hydrogen-bond donors (Lipinski definition) is 3. The number of carbonyl (C=O) groups is 3. The number of rotatable bonds is 11. The summed E-state index contributed by atoms with van der Waals surface area (Å²) in [6.45, 7) is 5.64. The number of nitrogens with one attached hydrogen (secondary N) is 2. The van der Waals surface area contributed by atoms with E-state index in [1.54, 1.807) is 6.92 Å². The van der Waals surface area contributed by atoms with Gasteiger partial charge in [-0.3, -0.25) is 9.59 Å². The van der Waals surface area contributed by atoms with Gasteiger partial charge in [0.2, 0.25) is 5.91 Å². The van der Waals surface area contributed by atoms with Crippen molar-refractivity contribution in [3.8, 4) is 11.1 Å². The number of aliphatic carboxylic acids is 1. The molecule has 2 unspecified atom stereocenters. The van der Waals surface area contributed by atoms with Gasteiger partial charge in [0.05, 0.1) is 5.92 Å². The number of carboxylic acids is 1. The smallest absolute Gasteiger partial charge is 0.408 e. The van der Waals surface area contributed by atoms with Crippen LogP contribution in [0.1, 0.15) is 63.5 Å². The topological polar surface area (TPSA) is 105 Å². The third-order valence-corrected chi connectivity index (χ3v) is 6.47. The van der Waals surface area contributed by atoms with Gasteiger partial charge in [0.1, 0.15) is 12.1 Å². The zero-order chi connectivity index (χ0) is 24.7. The standard InChI is InChI=1S/C27H34N2O5/c1-4-10-18(24(30)31)16-28-25(32)27(3,15-5-2)29-26(33)34-17-23-21-13-8-6-11-19(21)20-12-7-9-14-22(20)23/h6-9,11-14,18,23H,4-5,10,15-17H2,1-3H3,(H,28,32)(H,29,33)(H,30,31). The van der Waals surface area contributed by atoms with Crippen molar-refractivity contribution in [3.63, 3.8) is 0 Å². The van der Waals surface area contributed by atoms with E-state index in [-0.39, 0.29) is 19.1 Å². The minimum Gasteiger partial charge on any atom is -0.481 e. The summed E-state index contributed by atoms with van der Waals surface area (Å²) in [5.41, 5.74) is 3.30. The zero-order valence-corrected chi connectivity index (χ0v) is 20.1. The lowest BCUT2D eigenvalue weighted by atomic mass is 9.94. The van der Waals surface area contributed by atoms with E-state index in [0.717, 1.165) is 22.3 Å². The van der Waals surface area contributed by atoms with Crippen molar-refractivity contribution in [2.24, 2.45) is 5.92 Å². The van der Waals surface area contributed by atoms with E-state index in [0.29, 0.717) is 25.7 Å². The molecule has 0 heterocycles. The summed E-state index contributed by atoms with van der Waals surface area (Å²) in [5.74, 6) is -2.09. The first kappa shape index (κ1) is 25.3. The van der Waals surface area contributed by atoms with Gasteiger partial charge in [-0.05, 0) is 42.0 Å². The molecule has 1 aliphatic rings. The Morgan fingerprint density at radius 3 is 2.12 bits per heavy atom. The van der Waals surface area contributed by atoms with Crippen LogP contribution in [0.25, 0.3) is 11.1 Å². The molecule has 0 radical (unpaired) electrons. The first-order valence-electron chi connectivity index (χ1n) is 11.9. The highest BCUT2D eigenvalue weighted by atomic mass is 16.5. The minimum atomic E-state index is -1.20. The van der Waals surface area contributed by atoms with Gasteiger partial charge in [0.15, 0.2) is 0 Å². The Labute approximate surface area is 200 Å². The largest absolute Gasteiger partial charge is 0.481 e. The first-order valence-corrected chi connectivity index (χ1v) is 11.9.